The van der Waals surface area contributed by atoms with Crippen molar-refractivity contribution in [1.29, 1.82) is 0 Å². The molecule has 0 aliphatic heterocycles. The zero-order valence-electron chi connectivity index (χ0n) is 10.6. The van der Waals surface area contributed by atoms with E-state index in [0.717, 1.165) is 0 Å². The van der Waals surface area contributed by atoms with Crippen LogP contribution in [0.15, 0.2) is 18.7 Å². The van der Waals surface area contributed by atoms with Gasteiger partial charge in [-0.15, -0.1) is 0 Å². The molecule has 7 N–H and O–H groups in total. The molecular weight excluding hydrogens is 266 g/mol. The van der Waals surface area contributed by atoms with E-state index in [9.17, 15) is 15.3 Å². The lowest BCUT2D eigenvalue weighted by atomic mass is 10.1. The van der Waals surface area contributed by atoms with Gasteiger partial charge in [0.1, 0.15) is 29.8 Å². The van der Waals surface area contributed by atoms with Crippen molar-refractivity contribution in [3.05, 3.63) is 18.7 Å². The minimum atomic E-state index is -1.48. The average molecular weight is 283 g/mol. The van der Waals surface area contributed by atoms with Gasteiger partial charge in [-0.1, -0.05) is 0 Å². The van der Waals surface area contributed by atoms with Gasteiger partial charge in [0.05, 0.1) is 19.5 Å². The molecule has 0 spiro atoms. The summed E-state index contributed by atoms with van der Waals surface area (Å²) in [6, 6.07) is 0. The summed E-state index contributed by atoms with van der Waals surface area (Å²) >= 11 is 0. The molecule has 2 heterocycles. The van der Waals surface area contributed by atoms with Gasteiger partial charge in [0, 0.05) is 12.4 Å². The molecule has 0 saturated carbocycles. The maximum atomic E-state index is 9.79. The first-order chi connectivity index (χ1) is 9.54. The van der Waals surface area contributed by atoms with Crippen molar-refractivity contribution >= 4 is 5.82 Å². The average Bonchev–Trinajstić information content (AvgIpc) is 3.08. The molecule has 2 rings (SSSR count). The van der Waals surface area contributed by atoms with Crippen LogP contribution in [0.1, 0.15) is 0 Å². The van der Waals surface area contributed by atoms with E-state index in [1.165, 1.54) is 10.9 Å². The van der Waals surface area contributed by atoms with Gasteiger partial charge < -0.3 is 35.7 Å². The first-order valence-corrected chi connectivity index (χ1v) is 6.00. The monoisotopic (exact) mass is 283 g/mol. The van der Waals surface area contributed by atoms with E-state index < -0.39 is 24.9 Å². The zero-order chi connectivity index (χ0) is 14.7. The number of hydrogen-bond donors (Lipinski definition) is 6. The highest BCUT2D eigenvalue weighted by Crippen LogP contribution is 2.21. The van der Waals surface area contributed by atoms with E-state index in [0.29, 0.717) is 11.5 Å². The molecule has 0 aliphatic rings. The normalized spacial score (nSPS) is 16.0. The van der Waals surface area contributed by atoms with Crippen molar-refractivity contribution in [2.45, 2.75) is 24.9 Å². The van der Waals surface area contributed by atoms with Crippen LogP contribution in [0.25, 0.3) is 11.5 Å². The van der Waals surface area contributed by atoms with Gasteiger partial charge in [-0.25, -0.2) is 9.97 Å². The number of aliphatic hydroxyl groups is 4. The first kappa shape index (κ1) is 14.5. The lowest BCUT2D eigenvalue weighted by molar-refractivity contribution is -0.0804. The maximum Gasteiger partial charge on any atom is 0.159 e. The fourth-order valence-corrected chi connectivity index (χ4v) is 1.79. The first-order valence-electron chi connectivity index (χ1n) is 6.00. The van der Waals surface area contributed by atoms with Crippen molar-refractivity contribution in [3.63, 3.8) is 0 Å². The van der Waals surface area contributed by atoms with Crippen LogP contribution in [0.5, 0.6) is 0 Å². The second-order valence-electron chi connectivity index (χ2n) is 4.38. The van der Waals surface area contributed by atoms with Crippen LogP contribution in [0, 0.1) is 0 Å². The Bertz CT molecular complexity index is 541. The van der Waals surface area contributed by atoms with Crippen LogP contribution in [-0.4, -0.2) is 64.9 Å². The van der Waals surface area contributed by atoms with Crippen molar-refractivity contribution in [2.75, 3.05) is 12.3 Å². The number of aromatic nitrogens is 4. The summed E-state index contributed by atoms with van der Waals surface area (Å²) in [5.41, 5.74) is 6.32. The number of H-pyrrole nitrogens is 1. The molecule has 0 amide bonds. The fraction of sp³-hybridized carbons (Fsp3) is 0.455. The molecule has 0 aliphatic carbocycles. The Hall–Kier alpha value is -1.94. The van der Waals surface area contributed by atoms with E-state index in [2.05, 4.69) is 15.0 Å². The van der Waals surface area contributed by atoms with E-state index in [1.807, 2.05) is 0 Å². The van der Waals surface area contributed by atoms with E-state index in [-0.39, 0.29) is 12.4 Å². The lowest BCUT2D eigenvalue weighted by Crippen LogP contribution is -2.41. The lowest BCUT2D eigenvalue weighted by Gasteiger charge is -2.22. The summed E-state index contributed by atoms with van der Waals surface area (Å²) in [6.07, 6.45) is 0.397. The van der Waals surface area contributed by atoms with Crippen LogP contribution in [0.2, 0.25) is 0 Å². The van der Waals surface area contributed by atoms with Gasteiger partial charge in [0.2, 0.25) is 0 Å². The predicted molar refractivity (Wildman–Crippen MR) is 69.3 cm³/mol. The molecule has 9 heteroatoms. The molecule has 9 nitrogen and oxygen atoms in total. The van der Waals surface area contributed by atoms with Crippen LogP contribution < -0.4 is 5.73 Å². The minimum absolute atomic E-state index is 0.0717. The van der Waals surface area contributed by atoms with Gasteiger partial charge in [-0.2, -0.15) is 0 Å². The summed E-state index contributed by atoms with van der Waals surface area (Å²) in [6.45, 7) is -0.715. The number of aromatic amines is 1. The molecule has 0 unspecified atom stereocenters. The Kier molecular flexibility index (Phi) is 4.35. The highest BCUT2D eigenvalue weighted by atomic mass is 16.4. The SMILES string of the molecule is Nc1c(-c2ncc[nH]2)ncn1C[C@@H](O)[C@H](O)[C@H](O)CO. The number of anilines is 1. The number of nitrogens with one attached hydrogen (secondary N) is 1. The Morgan fingerprint density at radius 2 is 2.00 bits per heavy atom. The minimum Gasteiger partial charge on any atom is -0.394 e. The summed E-state index contributed by atoms with van der Waals surface area (Å²) < 4.78 is 1.43. The van der Waals surface area contributed by atoms with Crippen LogP contribution in [0.3, 0.4) is 0 Å². The zero-order valence-corrected chi connectivity index (χ0v) is 10.6. The van der Waals surface area contributed by atoms with E-state index in [1.54, 1.807) is 12.4 Å². The van der Waals surface area contributed by atoms with Crippen LogP contribution in [-0.2, 0) is 6.54 Å². The van der Waals surface area contributed by atoms with Gasteiger partial charge >= 0.3 is 0 Å². The highest BCUT2D eigenvalue weighted by Gasteiger charge is 2.25. The Morgan fingerprint density at radius 3 is 2.60 bits per heavy atom. The number of aliphatic hydroxyl groups excluding tert-OH is 4. The number of nitrogens with two attached hydrogens (primary N) is 1. The molecular formula is C11H17N5O4. The number of hydrogen-bond acceptors (Lipinski definition) is 7. The van der Waals surface area contributed by atoms with Gasteiger partial charge in [-0.3, -0.25) is 0 Å². The van der Waals surface area contributed by atoms with E-state index >= 15 is 0 Å². The molecule has 0 radical (unpaired) electrons. The Balaban J connectivity index is 2.11. The van der Waals surface area contributed by atoms with Crippen molar-refractivity contribution < 1.29 is 20.4 Å². The van der Waals surface area contributed by atoms with Crippen molar-refractivity contribution in [1.82, 2.24) is 19.5 Å². The van der Waals surface area contributed by atoms with Gasteiger partial charge in [-0.05, 0) is 0 Å². The molecule has 0 fully saturated rings. The standard InChI is InChI=1S/C11H17N5O4/c12-10-8(11-13-1-2-14-11)15-5-16(10)3-6(18)9(20)7(19)4-17/h1-2,5-7,9,17-20H,3-4,12H2,(H,13,14)/t6-,7-,9+/m1/s1. The maximum absolute atomic E-state index is 9.79. The Labute approximate surface area is 114 Å². The van der Waals surface area contributed by atoms with Crippen LogP contribution >= 0.6 is 0 Å². The predicted octanol–water partition coefficient (Wildman–Crippen LogP) is -2.07. The fourth-order valence-electron chi connectivity index (χ4n) is 1.79. The number of rotatable bonds is 6. The van der Waals surface area contributed by atoms with Crippen LogP contribution in [0.4, 0.5) is 5.82 Å². The topological polar surface area (TPSA) is 153 Å². The second kappa shape index (κ2) is 6.01. The van der Waals surface area contributed by atoms with Crippen molar-refractivity contribution in [3.8, 4) is 11.5 Å². The molecule has 2 aromatic heterocycles. The summed E-state index contributed by atoms with van der Waals surface area (Å²) in [4.78, 5) is 11.0. The molecule has 0 bridgehead atoms. The number of nitrogens with zero attached hydrogens (tertiary/aromatic N) is 3. The molecule has 20 heavy (non-hydrogen) atoms. The highest BCUT2D eigenvalue weighted by molar-refractivity contribution is 5.64. The largest absolute Gasteiger partial charge is 0.394 e. The second-order valence-corrected chi connectivity index (χ2v) is 4.38. The molecule has 2 aromatic rings. The van der Waals surface area contributed by atoms with Gasteiger partial charge in [0.25, 0.3) is 0 Å². The molecule has 0 saturated heterocycles. The molecule has 3 atom stereocenters. The third-order valence-corrected chi connectivity index (χ3v) is 2.96. The Morgan fingerprint density at radius 1 is 1.25 bits per heavy atom. The van der Waals surface area contributed by atoms with Crippen molar-refractivity contribution in [2.24, 2.45) is 0 Å². The summed E-state index contributed by atoms with van der Waals surface area (Å²) in [5.74, 6) is 0.761. The molecule has 110 valence electrons. The third kappa shape index (κ3) is 2.80. The van der Waals surface area contributed by atoms with E-state index in [4.69, 9.17) is 10.8 Å². The quantitative estimate of drug-likeness (QED) is 0.356. The molecule has 0 aromatic carbocycles. The third-order valence-electron chi connectivity index (χ3n) is 2.96. The summed E-state index contributed by atoms with van der Waals surface area (Å²) in [5, 5.41) is 37.4. The number of imidazole rings is 2. The smallest absolute Gasteiger partial charge is 0.159 e. The number of nitrogen functional groups attached to an aromatic ring is 1. The van der Waals surface area contributed by atoms with Gasteiger partial charge in [0.15, 0.2) is 5.82 Å². The summed E-state index contributed by atoms with van der Waals surface area (Å²) in [7, 11) is 0.